The molecule has 2 heteroatoms. The van der Waals surface area contributed by atoms with Crippen LogP contribution >= 0.6 is 0 Å². The van der Waals surface area contributed by atoms with Gasteiger partial charge in [-0.25, -0.2) is 0 Å². The molecule has 1 nitrogen and oxygen atoms in total. The summed E-state index contributed by atoms with van der Waals surface area (Å²) in [6.07, 6.45) is 2.03. The molecule has 0 spiro atoms. The molecule has 0 saturated heterocycles. The van der Waals surface area contributed by atoms with Crippen molar-refractivity contribution < 1.29 is 20.6 Å². The molecule has 15 heavy (non-hydrogen) atoms. The number of methoxy groups -OCH3 is 1. The van der Waals surface area contributed by atoms with Crippen molar-refractivity contribution in [1.82, 2.24) is 0 Å². The minimum atomic E-state index is 0.788. The SMILES string of the molecule is CCCC#Cc1ccccc1[C](=[Cr])OC. The second-order valence-electron chi connectivity index (χ2n) is 3.09. The fraction of sp³-hybridized carbons (Fsp3) is 0.308. The van der Waals surface area contributed by atoms with E-state index in [2.05, 4.69) is 34.6 Å². The third-order valence-corrected chi connectivity index (χ3v) is 2.53. The standard InChI is InChI=1S/C13H14O.Cr/c1-3-4-5-8-12-9-6-7-10-13(12)11-14-2;/h6-7,9-10H,3-4H2,1-2H3;. The summed E-state index contributed by atoms with van der Waals surface area (Å²) in [5.41, 5.74) is 2.05. The van der Waals surface area contributed by atoms with Gasteiger partial charge >= 0.3 is 99.3 Å². The minimum absolute atomic E-state index is 0.788. The van der Waals surface area contributed by atoms with Crippen LogP contribution in [0.3, 0.4) is 0 Å². The van der Waals surface area contributed by atoms with Crippen molar-refractivity contribution in [2.75, 3.05) is 7.11 Å². The van der Waals surface area contributed by atoms with Crippen molar-refractivity contribution in [3.05, 3.63) is 35.4 Å². The molecule has 0 aliphatic heterocycles. The Kier molecular flexibility index (Phi) is 5.37. The molecule has 1 aromatic rings. The quantitative estimate of drug-likeness (QED) is 0.735. The van der Waals surface area contributed by atoms with E-state index in [4.69, 9.17) is 4.74 Å². The van der Waals surface area contributed by atoms with E-state index < -0.39 is 0 Å². The number of rotatable bonds is 3. The summed E-state index contributed by atoms with van der Waals surface area (Å²) in [7, 11) is 1.65. The van der Waals surface area contributed by atoms with Crippen LogP contribution in [0.2, 0.25) is 0 Å². The fourth-order valence-electron chi connectivity index (χ4n) is 1.16. The summed E-state index contributed by atoms with van der Waals surface area (Å²) in [6, 6.07) is 7.98. The zero-order chi connectivity index (χ0) is 11.1. The number of ether oxygens (including phenoxy) is 1. The zero-order valence-corrected chi connectivity index (χ0v) is 10.3. The molecule has 0 aromatic heterocycles. The molecule has 0 radical (unpaired) electrons. The Morgan fingerprint density at radius 3 is 2.80 bits per heavy atom. The molecular formula is C13H14CrO. The zero-order valence-electron chi connectivity index (χ0n) is 9.04. The number of benzene rings is 1. The maximum atomic E-state index is 5.18. The van der Waals surface area contributed by atoms with E-state index in [-0.39, 0.29) is 0 Å². The van der Waals surface area contributed by atoms with E-state index in [0.29, 0.717) is 0 Å². The van der Waals surface area contributed by atoms with Crippen LogP contribution < -0.4 is 0 Å². The van der Waals surface area contributed by atoms with Crippen molar-refractivity contribution in [3.8, 4) is 11.8 Å². The van der Waals surface area contributed by atoms with E-state index in [1.54, 1.807) is 7.11 Å². The van der Waals surface area contributed by atoms with Crippen molar-refractivity contribution in [2.24, 2.45) is 0 Å². The van der Waals surface area contributed by atoms with Gasteiger partial charge in [-0.3, -0.25) is 0 Å². The first-order chi connectivity index (χ1) is 7.29. The number of hydrogen-bond donors (Lipinski definition) is 0. The molecule has 1 aromatic carbocycles. The Morgan fingerprint density at radius 1 is 1.40 bits per heavy atom. The van der Waals surface area contributed by atoms with Gasteiger partial charge in [0.2, 0.25) is 0 Å². The molecule has 0 aliphatic rings. The molecule has 1 rings (SSSR count). The van der Waals surface area contributed by atoms with Crippen molar-refractivity contribution in [2.45, 2.75) is 19.8 Å². The van der Waals surface area contributed by atoms with Crippen LogP contribution in [0.25, 0.3) is 0 Å². The molecule has 0 fully saturated rings. The predicted molar refractivity (Wildman–Crippen MR) is 59.3 cm³/mol. The van der Waals surface area contributed by atoms with Gasteiger partial charge in [-0.15, -0.1) is 0 Å². The molecule has 0 heterocycles. The Labute approximate surface area is 99.4 Å². The van der Waals surface area contributed by atoms with Gasteiger partial charge in [-0.05, 0) is 0 Å². The molecule has 78 valence electrons. The Morgan fingerprint density at radius 2 is 2.13 bits per heavy atom. The predicted octanol–water partition coefficient (Wildman–Crippen LogP) is 2.51. The molecular weight excluding hydrogens is 224 g/mol. The summed E-state index contributed by atoms with van der Waals surface area (Å²) in [6.45, 7) is 2.13. The van der Waals surface area contributed by atoms with Crippen LogP contribution in [0.5, 0.6) is 0 Å². The van der Waals surface area contributed by atoms with Gasteiger partial charge < -0.3 is 0 Å². The van der Waals surface area contributed by atoms with Crippen molar-refractivity contribution in [1.29, 1.82) is 0 Å². The number of unbranched alkanes of at least 4 members (excludes halogenated alkanes) is 1. The van der Waals surface area contributed by atoms with Gasteiger partial charge in [0.1, 0.15) is 0 Å². The first-order valence-electron chi connectivity index (χ1n) is 4.95. The summed E-state index contributed by atoms with van der Waals surface area (Å²) >= 11 is 2.90. The number of hydrogen-bond acceptors (Lipinski definition) is 1. The van der Waals surface area contributed by atoms with Crippen LogP contribution in [0.4, 0.5) is 0 Å². The fourth-order valence-corrected chi connectivity index (χ4v) is 1.44. The normalized spacial score (nSPS) is 9.20. The van der Waals surface area contributed by atoms with Crippen LogP contribution in [0, 0.1) is 11.8 Å². The summed E-state index contributed by atoms with van der Waals surface area (Å²) in [5, 5.41) is 0. The van der Waals surface area contributed by atoms with E-state index in [0.717, 1.165) is 28.5 Å². The van der Waals surface area contributed by atoms with Gasteiger partial charge in [0, 0.05) is 0 Å². The molecule has 0 amide bonds. The topological polar surface area (TPSA) is 9.23 Å². The third-order valence-electron chi connectivity index (χ3n) is 1.93. The van der Waals surface area contributed by atoms with E-state index in [1.807, 2.05) is 24.3 Å². The summed E-state index contributed by atoms with van der Waals surface area (Å²) < 4.78 is 5.96. The second kappa shape index (κ2) is 6.59. The molecule has 0 N–H and O–H groups in total. The maximum absolute atomic E-state index is 5.18. The first-order valence-corrected chi connectivity index (χ1v) is 5.59. The molecule has 0 aliphatic carbocycles. The van der Waals surface area contributed by atoms with Gasteiger partial charge in [0.15, 0.2) is 0 Å². The molecule has 0 atom stereocenters. The van der Waals surface area contributed by atoms with E-state index >= 15 is 0 Å². The van der Waals surface area contributed by atoms with Gasteiger partial charge in [0.05, 0.1) is 0 Å². The van der Waals surface area contributed by atoms with Crippen LogP contribution in [-0.4, -0.2) is 11.7 Å². The Hall–Kier alpha value is -0.858. The Balaban J connectivity index is 2.98. The molecule has 0 bridgehead atoms. The van der Waals surface area contributed by atoms with Crippen LogP contribution in [-0.2, 0) is 20.6 Å². The van der Waals surface area contributed by atoms with E-state index in [1.165, 1.54) is 0 Å². The van der Waals surface area contributed by atoms with Crippen molar-refractivity contribution >= 4 is 4.57 Å². The van der Waals surface area contributed by atoms with Crippen LogP contribution in [0.15, 0.2) is 24.3 Å². The van der Waals surface area contributed by atoms with E-state index in [9.17, 15) is 0 Å². The summed E-state index contributed by atoms with van der Waals surface area (Å²) in [4.78, 5) is 0. The Bertz CT molecular complexity index is 398. The van der Waals surface area contributed by atoms with Crippen molar-refractivity contribution in [3.63, 3.8) is 0 Å². The van der Waals surface area contributed by atoms with Gasteiger partial charge in [-0.2, -0.15) is 0 Å². The monoisotopic (exact) mass is 238 g/mol. The van der Waals surface area contributed by atoms with Gasteiger partial charge in [-0.1, -0.05) is 0 Å². The second-order valence-corrected chi connectivity index (χ2v) is 3.67. The van der Waals surface area contributed by atoms with Crippen LogP contribution in [0.1, 0.15) is 30.9 Å². The van der Waals surface area contributed by atoms with Gasteiger partial charge in [0.25, 0.3) is 0 Å². The average molecular weight is 238 g/mol. The molecule has 0 saturated carbocycles. The third kappa shape index (κ3) is 3.65. The summed E-state index contributed by atoms with van der Waals surface area (Å²) in [5.74, 6) is 6.30. The average Bonchev–Trinajstić information content (AvgIpc) is 2.29. The molecule has 0 unspecified atom stereocenters. The first kappa shape index (κ1) is 12.2.